The number of hydrogen-bond acceptors (Lipinski definition) is 7. The number of nitrogens with two attached hydrogens (primary N) is 1. The van der Waals surface area contributed by atoms with Crippen LogP contribution in [0.25, 0.3) is 11.2 Å². The van der Waals surface area contributed by atoms with E-state index in [-0.39, 0.29) is 6.10 Å². The number of morpholine rings is 1. The molecule has 2 aliphatic heterocycles. The predicted molar refractivity (Wildman–Crippen MR) is 84.8 cm³/mol. The molecular weight excluding hydrogens is 296 g/mol. The number of anilines is 1. The van der Waals surface area contributed by atoms with E-state index in [1.807, 2.05) is 0 Å². The summed E-state index contributed by atoms with van der Waals surface area (Å²) in [7, 11) is 0. The fourth-order valence-electron chi connectivity index (χ4n) is 3.34. The normalized spacial score (nSPS) is 24.3. The zero-order chi connectivity index (χ0) is 15.6. The average molecular weight is 318 g/mol. The molecule has 8 nitrogen and oxygen atoms in total. The van der Waals surface area contributed by atoms with E-state index in [0.717, 1.165) is 45.7 Å². The Balaban J connectivity index is 1.47. The topological polar surface area (TPSA) is 102 Å². The van der Waals surface area contributed by atoms with Crippen LogP contribution in [0, 0.1) is 5.92 Å². The molecular formula is C15H22N6O2. The zero-order valence-electron chi connectivity index (χ0n) is 13.1. The van der Waals surface area contributed by atoms with E-state index in [9.17, 15) is 0 Å². The van der Waals surface area contributed by atoms with Gasteiger partial charge in [0.15, 0.2) is 17.3 Å². The number of aromatic nitrogens is 4. The van der Waals surface area contributed by atoms with Crippen molar-refractivity contribution in [2.45, 2.75) is 18.9 Å². The molecule has 4 heterocycles. The number of imidazole rings is 1. The van der Waals surface area contributed by atoms with Crippen LogP contribution < -0.4 is 5.73 Å². The molecule has 0 spiro atoms. The van der Waals surface area contributed by atoms with Gasteiger partial charge in [0.1, 0.15) is 11.6 Å². The van der Waals surface area contributed by atoms with Gasteiger partial charge >= 0.3 is 0 Å². The maximum Gasteiger partial charge on any atom is 0.183 e. The molecule has 0 radical (unpaired) electrons. The van der Waals surface area contributed by atoms with E-state index < -0.39 is 0 Å². The van der Waals surface area contributed by atoms with Crippen LogP contribution in [0.2, 0.25) is 0 Å². The third kappa shape index (κ3) is 3.15. The highest BCUT2D eigenvalue weighted by Gasteiger charge is 2.27. The Labute approximate surface area is 134 Å². The van der Waals surface area contributed by atoms with Crippen LogP contribution in [0.5, 0.6) is 0 Å². The molecule has 124 valence electrons. The van der Waals surface area contributed by atoms with Crippen LogP contribution >= 0.6 is 0 Å². The molecule has 1 atom stereocenters. The molecule has 2 fully saturated rings. The zero-order valence-corrected chi connectivity index (χ0v) is 13.1. The van der Waals surface area contributed by atoms with Crippen molar-refractivity contribution >= 4 is 17.0 Å². The predicted octanol–water partition coefficient (Wildman–Crippen LogP) is 0.735. The Hall–Kier alpha value is -1.77. The summed E-state index contributed by atoms with van der Waals surface area (Å²) in [6.45, 7) is 5.29. The van der Waals surface area contributed by atoms with E-state index in [4.69, 9.17) is 15.2 Å². The summed E-state index contributed by atoms with van der Waals surface area (Å²) in [6, 6.07) is 0. The SMILES string of the molecule is Nc1nc(C2CN(CC3CCOCC3)CCO2)nc2nc[nH]c12. The van der Waals surface area contributed by atoms with Gasteiger partial charge in [-0.2, -0.15) is 0 Å². The molecule has 0 aliphatic carbocycles. The molecule has 2 aromatic heterocycles. The molecule has 2 aromatic rings. The van der Waals surface area contributed by atoms with Gasteiger partial charge in [0.25, 0.3) is 0 Å². The summed E-state index contributed by atoms with van der Waals surface area (Å²) in [5.41, 5.74) is 7.27. The van der Waals surface area contributed by atoms with Gasteiger partial charge in [-0.15, -0.1) is 0 Å². The van der Waals surface area contributed by atoms with Gasteiger partial charge in [-0.25, -0.2) is 15.0 Å². The largest absolute Gasteiger partial charge is 0.382 e. The Morgan fingerprint density at radius 1 is 1.26 bits per heavy atom. The van der Waals surface area contributed by atoms with Gasteiger partial charge < -0.3 is 20.2 Å². The molecule has 0 amide bonds. The summed E-state index contributed by atoms with van der Waals surface area (Å²) in [5.74, 6) is 1.76. The number of rotatable bonds is 3. The second-order valence-corrected chi connectivity index (χ2v) is 6.24. The molecule has 2 saturated heterocycles. The highest BCUT2D eigenvalue weighted by Crippen LogP contribution is 2.24. The number of fused-ring (bicyclic) bond motifs is 1. The smallest absolute Gasteiger partial charge is 0.183 e. The van der Waals surface area contributed by atoms with Crippen LogP contribution in [0.3, 0.4) is 0 Å². The summed E-state index contributed by atoms with van der Waals surface area (Å²) >= 11 is 0. The lowest BCUT2D eigenvalue weighted by Gasteiger charge is -2.35. The number of hydrogen-bond donors (Lipinski definition) is 2. The summed E-state index contributed by atoms with van der Waals surface area (Å²) in [6.07, 6.45) is 3.72. The molecule has 8 heteroatoms. The first-order valence-electron chi connectivity index (χ1n) is 8.18. The summed E-state index contributed by atoms with van der Waals surface area (Å²) in [5, 5.41) is 0. The minimum absolute atomic E-state index is 0.146. The minimum Gasteiger partial charge on any atom is -0.382 e. The van der Waals surface area contributed by atoms with Crippen LogP contribution in [-0.2, 0) is 9.47 Å². The van der Waals surface area contributed by atoms with Crippen molar-refractivity contribution < 1.29 is 9.47 Å². The van der Waals surface area contributed by atoms with Crippen molar-refractivity contribution in [1.29, 1.82) is 0 Å². The van der Waals surface area contributed by atoms with Crippen molar-refractivity contribution in [2.75, 3.05) is 45.2 Å². The second kappa shape index (κ2) is 6.38. The second-order valence-electron chi connectivity index (χ2n) is 6.24. The van der Waals surface area contributed by atoms with E-state index in [0.29, 0.717) is 35.3 Å². The third-order valence-electron chi connectivity index (χ3n) is 4.63. The summed E-state index contributed by atoms with van der Waals surface area (Å²) in [4.78, 5) is 18.5. The number of H-pyrrole nitrogens is 1. The van der Waals surface area contributed by atoms with Crippen LogP contribution in [0.4, 0.5) is 5.82 Å². The quantitative estimate of drug-likeness (QED) is 0.860. The van der Waals surface area contributed by atoms with E-state index in [2.05, 4.69) is 24.8 Å². The monoisotopic (exact) mass is 318 g/mol. The fraction of sp³-hybridized carbons (Fsp3) is 0.667. The minimum atomic E-state index is -0.146. The molecule has 2 aliphatic rings. The van der Waals surface area contributed by atoms with Crippen molar-refractivity contribution in [3.05, 3.63) is 12.2 Å². The Morgan fingerprint density at radius 2 is 2.13 bits per heavy atom. The van der Waals surface area contributed by atoms with Crippen LogP contribution in [0.15, 0.2) is 6.33 Å². The number of nitrogens with zero attached hydrogens (tertiary/aromatic N) is 4. The van der Waals surface area contributed by atoms with Gasteiger partial charge in [-0.1, -0.05) is 0 Å². The van der Waals surface area contributed by atoms with E-state index in [1.54, 1.807) is 6.33 Å². The number of nitrogens with one attached hydrogen (secondary N) is 1. The molecule has 23 heavy (non-hydrogen) atoms. The van der Waals surface area contributed by atoms with Crippen molar-refractivity contribution in [3.63, 3.8) is 0 Å². The molecule has 0 saturated carbocycles. The van der Waals surface area contributed by atoms with Crippen LogP contribution in [-0.4, -0.2) is 64.3 Å². The number of nitrogen functional groups attached to an aromatic ring is 1. The Morgan fingerprint density at radius 3 is 3.00 bits per heavy atom. The van der Waals surface area contributed by atoms with Gasteiger partial charge in [0.05, 0.1) is 12.9 Å². The molecule has 0 bridgehead atoms. The first-order valence-corrected chi connectivity index (χ1v) is 8.18. The highest BCUT2D eigenvalue weighted by atomic mass is 16.5. The van der Waals surface area contributed by atoms with E-state index in [1.165, 1.54) is 0 Å². The Bertz CT molecular complexity index is 669. The first kappa shape index (κ1) is 14.8. The maximum atomic E-state index is 5.99. The van der Waals surface area contributed by atoms with Crippen LogP contribution in [0.1, 0.15) is 24.8 Å². The fourth-order valence-corrected chi connectivity index (χ4v) is 3.34. The van der Waals surface area contributed by atoms with Gasteiger partial charge in [0.2, 0.25) is 0 Å². The third-order valence-corrected chi connectivity index (χ3v) is 4.63. The standard InChI is InChI=1S/C15H22N6O2/c16-13-12-15(18-9-17-12)20-14(19-13)11-8-21(3-6-23-11)7-10-1-4-22-5-2-10/h9-11H,1-8H2,(H3,16,17,18,19,20). The van der Waals surface area contributed by atoms with Gasteiger partial charge in [-0.3, -0.25) is 4.90 Å². The average Bonchev–Trinajstić information content (AvgIpc) is 3.05. The van der Waals surface area contributed by atoms with Crippen molar-refractivity contribution in [3.8, 4) is 0 Å². The molecule has 4 rings (SSSR count). The lowest BCUT2D eigenvalue weighted by atomic mass is 9.99. The Kier molecular flexibility index (Phi) is 4.11. The van der Waals surface area contributed by atoms with E-state index >= 15 is 0 Å². The van der Waals surface area contributed by atoms with Gasteiger partial charge in [0, 0.05) is 32.8 Å². The van der Waals surface area contributed by atoms with Crippen molar-refractivity contribution in [2.24, 2.45) is 5.92 Å². The number of ether oxygens (including phenoxy) is 2. The lowest BCUT2D eigenvalue weighted by molar-refractivity contribution is -0.0446. The highest BCUT2D eigenvalue weighted by molar-refractivity contribution is 5.80. The maximum absolute atomic E-state index is 5.99. The van der Waals surface area contributed by atoms with Crippen molar-refractivity contribution in [1.82, 2.24) is 24.8 Å². The molecule has 1 unspecified atom stereocenters. The first-order chi connectivity index (χ1) is 11.3. The number of aromatic amines is 1. The molecule has 3 N–H and O–H groups in total. The lowest BCUT2D eigenvalue weighted by Crippen LogP contribution is -2.42. The van der Waals surface area contributed by atoms with Gasteiger partial charge in [-0.05, 0) is 18.8 Å². The summed E-state index contributed by atoms with van der Waals surface area (Å²) < 4.78 is 11.3. The molecule has 0 aromatic carbocycles.